The van der Waals surface area contributed by atoms with E-state index in [-0.39, 0.29) is 0 Å². The van der Waals surface area contributed by atoms with E-state index >= 15 is 0 Å². The SMILES string of the molecule is CC(C)(C)OC(=O)Nc1ccc2cc[nH]c2c1. The number of benzene rings is 1. The van der Waals surface area contributed by atoms with Crippen molar-refractivity contribution in [2.75, 3.05) is 5.32 Å². The number of H-pyrrole nitrogens is 1. The molecule has 1 aromatic heterocycles. The molecule has 0 saturated heterocycles. The number of nitrogens with one attached hydrogen (secondary N) is 2. The average Bonchev–Trinajstić information content (AvgIpc) is 2.61. The molecule has 2 N–H and O–H groups in total. The number of fused-ring (bicyclic) bond motifs is 1. The lowest BCUT2D eigenvalue weighted by molar-refractivity contribution is 0.0636. The minimum Gasteiger partial charge on any atom is -0.444 e. The van der Waals surface area contributed by atoms with Gasteiger partial charge in [0.1, 0.15) is 5.60 Å². The number of rotatable bonds is 1. The predicted octanol–water partition coefficient (Wildman–Crippen LogP) is 3.51. The molecule has 0 spiro atoms. The Kier molecular flexibility index (Phi) is 2.79. The summed E-state index contributed by atoms with van der Waals surface area (Å²) in [6.45, 7) is 5.50. The minimum atomic E-state index is -0.485. The van der Waals surface area contributed by atoms with Crippen molar-refractivity contribution in [2.45, 2.75) is 26.4 Å². The number of carbonyl (C=O) groups is 1. The molecule has 0 aliphatic rings. The molecular weight excluding hydrogens is 216 g/mol. The molecule has 0 aliphatic heterocycles. The maximum atomic E-state index is 11.6. The fourth-order valence-corrected chi connectivity index (χ4v) is 1.55. The lowest BCUT2D eigenvalue weighted by Crippen LogP contribution is -2.27. The van der Waals surface area contributed by atoms with Crippen LogP contribution in [0.25, 0.3) is 10.9 Å². The molecule has 90 valence electrons. The average molecular weight is 232 g/mol. The van der Waals surface area contributed by atoms with Crippen LogP contribution in [0.15, 0.2) is 30.5 Å². The van der Waals surface area contributed by atoms with Crippen molar-refractivity contribution in [1.29, 1.82) is 0 Å². The van der Waals surface area contributed by atoms with Crippen LogP contribution in [0.4, 0.5) is 10.5 Å². The van der Waals surface area contributed by atoms with Gasteiger partial charge in [0.15, 0.2) is 0 Å². The molecule has 1 aromatic carbocycles. The monoisotopic (exact) mass is 232 g/mol. The van der Waals surface area contributed by atoms with Crippen molar-refractivity contribution in [3.05, 3.63) is 30.5 Å². The first-order valence-electron chi connectivity index (χ1n) is 5.51. The van der Waals surface area contributed by atoms with E-state index in [4.69, 9.17) is 4.74 Å². The molecule has 4 nitrogen and oxygen atoms in total. The van der Waals surface area contributed by atoms with Crippen LogP contribution in [0.5, 0.6) is 0 Å². The molecule has 0 atom stereocenters. The Morgan fingerprint density at radius 1 is 1.29 bits per heavy atom. The maximum absolute atomic E-state index is 11.6. The second-order valence-electron chi connectivity index (χ2n) is 4.91. The molecule has 0 bridgehead atoms. The van der Waals surface area contributed by atoms with Gasteiger partial charge >= 0.3 is 6.09 Å². The lowest BCUT2D eigenvalue weighted by Gasteiger charge is -2.19. The molecule has 2 aromatic rings. The zero-order valence-electron chi connectivity index (χ0n) is 10.2. The molecule has 0 aliphatic carbocycles. The third-order valence-electron chi connectivity index (χ3n) is 2.20. The molecule has 0 radical (unpaired) electrons. The Hall–Kier alpha value is -1.97. The van der Waals surface area contributed by atoms with E-state index in [0.717, 1.165) is 10.9 Å². The van der Waals surface area contributed by atoms with Gasteiger partial charge < -0.3 is 9.72 Å². The van der Waals surface area contributed by atoms with E-state index in [2.05, 4.69) is 10.3 Å². The van der Waals surface area contributed by atoms with Crippen molar-refractivity contribution in [3.8, 4) is 0 Å². The van der Waals surface area contributed by atoms with Crippen molar-refractivity contribution >= 4 is 22.7 Å². The van der Waals surface area contributed by atoms with Gasteiger partial charge in [-0.1, -0.05) is 6.07 Å². The van der Waals surface area contributed by atoms with Crippen LogP contribution in [-0.4, -0.2) is 16.7 Å². The first-order chi connectivity index (χ1) is 7.94. The van der Waals surface area contributed by atoms with E-state index in [0.29, 0.717) is 5.69 Å². The predicted molar refractivity (Wildman–Crippen MR) is 68.2 cm³/mol. The number of amides is 1. The van der Waals surface area contributed by atoms with Gasteiger partial charge in [-0.25, -0.2) is 4.79 Å². The fraction of sp³-hybridized carbons (Fsp3) is 0.308. The summed E-state index contributed by atoms with van der Waals surface area (Å²) in [6.07, 6.45) is 1.42. The standard InChI is InChI=1S/C13H16N2O2/c1-13(2,3)17-12(16)15-10-5-4-9-6-7-14-11(9)8-10/h4-8,14H,1-3H3,(H,15,16). The largest absolute Gasteiger partial charge is 0.444 e. The third kappa shape index (κ3) is 3.00. The molecule has 0 saturated carbocycles. The smallest absolute Gasteiger partial charge is 0.412 e. The van der Waals surface area contributed by atoms with E-state index in [1.807, 2.05) is 51.2 Å². The topological polar surface area (TPSA) is 54.1 Å². The normalized spacial score (nSPS) is 11.5. The van der Waals surface area contributed by atoms with Crippen LogP contribution < -0.4 is 5.32 Å². The highest BCUT2D eigenvalue weighted by atomic mass is 16.6. The summed E-state index contributed by atoms with van der Waals surface area (Å²) in [5.41, 5.74) is 1.22. The Bertz CT molecular complexity index is 538. The number of anilines is 1. The van der Waals surface area contributed by atoms with Gasteiger partial charge in [0.2, 0.25) is 0 Å². The summed E-state index contributed by atoms with van der Waals surface area (Å²) < 4.78 is 5.17. The molecule has 17 heavy (non-hydrogen) atoms. The van der Waals surface area contributed by atoms with E-state index < -0.39 is 11.7 Å². The fourth-order valence-electron chi connectivity index (χ4n) is 1.55. The first kappa shape index (κ1) is 11.5. The zero-order valence-corrected chi connectivity index (χ0v) is 10.2. The van der Waals surface area contributed by atoms with Crippen LogP contribution in [0.1, 0.15) is 20.8 Å². The maximum Gasteiger partial charge on any atom is 0.412 e. The number of carbonyl (C=O) groups excluding carboxylic acids is 1. The molecule has 4 heteroatoms. The summed E-state index contributed by atoms with van der Waals surface area (Å²) in [6, 6.07) is 7.64. The van der Waals surface area contributed by atoms with Crippen molar-refractivity contribution in [2.24, 2.45) is 0 Å². The number of hydrogen-bond donors (Lipinski definition) is 2. The van der Waals surface area contributed by atoms with Gasteiger partial charge in [0, 0.05) is 17.4 Å². The Morgan fingerprint density at radius 3 is 2.76 bits per heavy atom. The Balaban J connectivity index is 2.10. The van der Waals surface area contributed by atoms with Crippen LogP contribution in [0.2, 0.25) is 0 Å². The molecule has 0 fully saturated rings. The van der Waals surface area contributed by atoms with E-state index in [9.17, 15) is 4.79 Å². The number of ether oxygens (including phenoxy) is 1. The first-order valence-corrected chi connectivity index (χ1v) is 5.51. The molecular formula is C13H16N2O2. The molecule has 0 unspecified atom stereocenters. The van der Waals surface area contributed by atoms with Gasteiger partial charge in [0.25, 0.3) is 0 Å². The van der Waals surface area contributed by atoms with Crippen molar-refractivity contribution < 1.29 is 9.53 Å². The van der Waals surface area contributed by atoms with Gasteiger partial charge in [0.05, 0.1) is 0 Å². The second-order valence-corrected chi connectivity index (χ2v) is 4.91. The summed E-state index contributed by atoms with van der Waals surface area (Å²) in [7, 11) is 0. The van der Waals surface area contributed by atoms with Crippen LogP contribution >= 0.6 is 0 Å². The summed E-state index contributed by atoms with van der Waals surface area (Å²) >= 11 is 0. The van der Waals surface area contributed by atoms with Crippen LogP contribution in [0.3, 0.4) is 0 Å². The number of aromatic nitrogens is 1. The van der Waals surface area contributed by atoms with Gasteiger partial charge in [-0.2, -0.15) is 0 Å². The van der Waals surface area contributed by atoms with E-state index in [1.54, 1.807) is 0 Å². The van der Waals surface area contributed by atoms with Crippen LogP contribution in [-0.2, 0) is 4.74 Å². The van der Waals surface area contributed by atoms with Crippen molar-refractivity contribution in [3.63, 3.8) is 0 Å². The lowest BCUT2D eigenvalue weighted by atomic mass is 10.2. The molecule has 1 amide bonds. The van der Waals surface area contributed by atoms with Crippen LogP contribution in [0, 0.1) is 0 Å². The minimum absolute atomic E-state index is 0.441. The van der Waals surface area contributed by atoms with Crippen molar-refractivity contribution in [1.82, 2.24) is 4.98 Å². The van der Waals surface area contributed by atoms with Gasteiger partial charge in [-0.05, 0) is 44.4 Å². The summed E-state index contributed by atoms with van der Waals surface area (Å²) in [4.78, 5) is 14.6. The summed E-state index contributed by atoms with van der Waals surface area (Å²) in [5, 5.41) is 3.81. The van der Waals surface area contributed by atoms with Gasteiger partial charge in [-0.3, -0.25) is 5.32 Å². The quantitative estimate of drug-likeness (QED) is 0.790. The molecule has 2 rings (SSSR count). The highest BCUT2D eigenvalue weighted by Crippen LogP contribution is 2.18. The number of hydrogen-bond acceptors (Lipinski definition) is 2. The third-order valence-corrected chi connectivity index (χ3v) is 2.20. The Morgan fingerprint density at radius 2 is 2.06 bits per heavy atom. The zero-order chi connectivity index (χ0) is 12.5. The highest BCUT2D eigenvalue weighted by molar-refractivity contribution is 5.89. The second kappa shape index (κ2) is 4.13. The highest BCUT2D eigenvalue weighted by Gasteiger charge is 2.16. The van der Waals surface area contributed by atoms with E-state index in [1.165, 1.54) is 0 Å². The molecule has 1 heterocycles. The number of aromatic amines is 1. The van der Waals surface area contributed by atoms with Gasteiger partial charge in [-0.15, -0.1) is 0 Å². The Labute approximate surface area is 100.0 Å². The summed E-state index contributed by atoms with van der Waals surface area (Å²) in [5.74, 6) is 0.